The van der Waals surface area contributed by atoms with E-state index in [1.807, 2.05) is 29.2 Å². The fraction of sp³-hybridized carbons (Fsp3) is 0.400. The highest BCUT2D eigenvalue weighted by molar-refractivity contribution is 7.16. The number of benzene rings is 1. The molecule has 0 bridgehead atoms. The van der Waals surface area contributed by atoms with Crippen LogP contribution in [0.4, 0.5) is 0 Å². The molecule has 1 aromatic carbocycles. The largest absolute Gasteiger partial charge is 0.334 e. The molecule has 27 heavy (non-hydrogen) atoms. The molecule has 1 atom stereocenters. The summed E-state index contributed by atoms with van der Waals surface area (Å²) in [4.78, 5) is 31.5. The molecule has 2 aliphatic rings. The van der Waals surface area contributed by atoms with Gasteiger partial charge >= 0.3 is 0 Å². The molecule has 3 heterocycles. The third kappa shape index (κ3) is 3.16. The van der Waals surface area contributed by atoms with Gasteiger partial charge in [-0.15, -0.1) is 11.3 Å². The number of hydrogen-bond acceptors (Lipinski definition) is 5. The Kier molecular flexibility index (Phi) is 4.04. The summed E-state index contributed by atoms with van der Waals surface area (Å²) in [5.74, 6) is 0.531. The Morgan fingerprint density at radius 2 is 2.07 bits per heavy atom. The van der Waals surface area contributed by atoms with Gasteiger partial charge in [0.25, 0.3) is 11.5 Å². The minimum Gasteiger partial charge on any atom is -0.334 e. The second-order valence-corrected chi connectivity index (χ2v) is 8.27. The summed E-state index contributed by atoms with van der Waals surface area (Å²) in [7, 11) is 0. The van der Waals surface area contributed by atoms with Gasteiger partial charge in [-0.3, -0.25) is 9.59 Å². The van der Waals surface area contributed by atoms with E-state index in [2.05, 4.69) is 10.1 Å². The maximum Gasteiger partial charge on any atom is 0.266 e. The lowest BCUT2D eigenvalue weighted by Crippen LogP contribution is -2.40. The van der Waals surface area contributed by atoms with E-state index < -0.39 is 0 Å². The van der Waals surface area contributed by atoms with Crippen molar-refractivity contribution in [3.63, 3.8) is 0 Å². The summed E-state index contributed by atoms with van der Waals surface area (Å²) < 4.78 is 2.57. The van der Waals surface area contributed by atoms with Crippen molar-refractivity contribution in [1.82, 2.24) is 19.7 Å². The summed E-state index contributed by atoms with van der Waals surface area (Å²) in [6.07, 6.45) is 4.16. The Bertz CT molecular complexity index is 1070. The zero-order chi connectivity index (χ0) is 18.4. The maximum absolute atomic E-state index is 13.1. The van der Waals surface area contributed by atoms with E-state index in [9.17, 15) is 9.59 Å². The van der Waals surface area contributed by atoms with Gasteiger partial charge in [0.05, 0.1) is 34.0 Å². The normalized spacial score (nSPS) is 19.7. The highest BCUT2D eigenvalue weighted by atomic mass is 32.1. The van der Waals surface area contributed by atoms with Crippen LogP contribution in [0.1, 0.15) is 47.7 Å². The Labute approximate surface area is 160 Å². The summed E-state index contributed by atoms with van der Waals surface area (Å²) in [5.41, 5.74) is 4.31. The average Bonchev–Trinajstić information content (AvgIpc) is 3.24. The number of amides is 1. The van der Waals surface area contributed by atoms with Crippen molar-refractivity contribution in [1.29, 1.82) is 0 Å². The van der Waals surface area contributed by atoms with E-state index in [1.165, 1.54) is 11.3 Å². The number of nitrogens with zero attached hydrogens (tertiary/aromatic N) is 4. The summed E-state index contributed by atoms with van der Waals surface area (Å²) in [5, 5.41) is 4.56. The molecule has 1 amide bonds. The van der Waals surface area contributed by atoms with Gasteiger partial charge in [0.15, 0.2) is 0 Å². The summed E-state index contributed by atoms with van der Waals surface area (Å²) >= 11 is 1.54. The fourth-order valence-electron chi connectivity index (χ4n) is 3.84. The zero-order valence-corrected chi connectivity index (χ0v) is 15.7. The van der Waals surface area contributed by atoms with Gasteiger partial charge in [0.2, 0.25) is 0 Å². The van der Waals surface area contributed by atoms with E-state index >= 15 is 0 Å². The number of thiazole rings is 1. The summed E-state index contributed by atoms with van der Waals surface area (Å²) in [6, 6.07) is 9.13. The number of carbonyl (C=O) groups is 1. The lowest BCUT2D eigenvalue weighted by atomic mass is 10.1. The van der Waals surface area contributed by atoms with Crippen LogP contribution in [0.25, 0.3) is 10.2 Å². The van der Waals surface area contributed by atoms with Crippen molar-refractivity contribution in [2.75, 3.05) is 6.54 Å². The van der Waals surface area contributed by atoms with Gasteiger partial charge in [0.1, 0.15) is 0 Å². The molecule has 1 aliphatic heterocycles. The highest BCUT2D eigenvalue weighted by Crippen LogP contribution is 2.38. The predicted molar refractivity (Wildman–Crippen MR) is 104 cm³/mol. The van der Waals surface area contributed by atoms with Gasteiger partial charge in [-0.1, -0.05) is 0 Å². The highest BCUT2D eigenvalue weighted by Gasteiger charge is 2.31. The van der Waals surface area contributed by atoms with Crippen molar-refractivity contribution < 1.29 is 4.79 Å². The van der Waals surface area contributed by atoms with Gasteiger partial charge in [-0.05, 0) is 49.9 Å². The first kappa shape index (κ1) is 16.6. The molecule has 5 rings (SSSR count). The number of fused-ring (bicyclic) bond motifs is 1. The molecule has 7 heteroatoms. The second kappa shape index (κ2) is 6.56. The molecule has 1 unspecified atom stereocenters. The van der Waals surface area contributed by atoms with Gasteiger partial charge < -0.3 is 4.90 Å². The molecule has 1 saturated heterocycles. The van der Waals surface area contributed by atoms with E-state index in [1.54, 1.807) is 16.3 Å². The average molecular weight is 380 g/mol. The molecule has 2 fully saturated rings. The van der Waals surface area contributed by atoms with Crippen molar-refractivity contribution in [3.05, 3.63) is 57.5 Å². The Morgan fingerprint density at radius 3 is 2.93 bits per heavy atom. The van der Waals surface area contributed by atoms with Crippen LogP contribution < -0.4 is 5.56 Å². The lowest BCUT2D eigenvalue weighted by molar-refractivity contribution is 0.0720. The quantitative estimate of drug-likeness (QED) is 0.698. The van der Waals surface area contributed by atoms with Crippen LogP contribution in [0.15, 0.2) is 40.6 Å². The maximum atomic E-state index is 13.1. The Morgan fingerprint density at radius 1 is 1.19 bits per heavy atom. The molecule has 0 N–H and O–H groups in total. The van der Waals surface area contributed by atoms with E-state index in [4.69, 9.17) is 0 Å². The first-order valence-electron chi connectivity index (χ1n) is 9.41. The molecular formula is C20H20N4O2S. The molecule has 1 saturated carbocycles. The van der Waals surface area contributed by atoms with Crippen molar-refractivity contribution in [3.8, 4) is 0 Å². The molecule has 1 aliphatic carbocycles. The zero-order valence-electron chi connectivity index (χ0n) is 14.9. The van der Waals surface area contributed by atoms with Crippen LogP contribution in [0.2, 0.25) is 0 Å². The SMILES string of the molecule is O=C(c1ccc2ncsc2c1)N1CCCC1Cn1nc(C2CC2)ccc1=O. The smallest absolute Gasteiger partial charge is 0.266 e. The summed E-state index contributed by atoms with van der Waals surface area (Å²) in [6.45, 7) is 1.19. The van der Waals surface area contributed by atoms with Crippen LogP contribution in [-0.2, 0) is 6.54 Å². The van der Waals surface area contributed by atoms with Gasteiger partial charge in [0, 0.05) is 24.1 Å². The van der Waals surface area contributed by atoms with E-state index in [0.717, 1.165) is 48.1 Å². The number of aromatic nitrogens is 3. The first-order chi connectivity index (χ1) is 13.2. The molecular weight excluding hydrogens is 360 g/mol. The standard InChI is InChI=1S/C20H20N4O2S/c25-19-8-7-16(13-3-4-13)22-24(19)11-15-2-1-9-23(15)20(26)14-5-6-17-18(10-14)27-12-21-17/h5-8,10,12-13,15H,1-4,9,11H2. The fourth-order valence-corrected chi connectivity index (χ4v) is 4.56. The minimum absolute atomic E-state index is 0.00862. The van der Waals surface area contributed by atoms with Crippen LogP contribution in [0.5, 0.6) is 0 Å². The third-order valence-electron chi connectivity index (χ3n) is 5.48. The Hall–Kier alpha value is -2.54. The van der Waals surface area contributed by atoms with Crippen molar-refractivity contribution in [2.24, 2.45) is 0 Å². The monoisotopic (exact) mass is 380 g/mol. The molecule has 6 nitrogen and oxygen atoms in total. The minimum atomic E-state index is -0.0928. The van der Waals surface area contributed by atoms with E-state index in [0.29, 0.717) is 18.0 Å². The lowest BCUT2D eigenvalue weighted by Gasteiger charge is -2.25. The predicted octanol–water partition coefficient (Wildman–Crippen LogP) is 3.04. The Balaban J connectivity index is 1.39. The number of carbonyl (C=O) groups excluding carboxylic acids is 1. The molecule has 0 radical (unpaired) electrons. The second-order valence-electron chi connectivity index (χ2n) is 7.38. The topological polar surface area (TPSA) is 68.1 Å². The molecule has 2 aromatic heterocycles. The van der Waals surface area contributed by atoms with Gasteiger partial charge in [-0.2, -0.15) is 5.10 Å². The van der Waals surface area contributed by atoms with Gasteiger partial charge in [-0.25, -0.2) is 9.67 Å². The van der Waals surface area contributed by atoms with Crippen molar-refractivity contribution >= 4 is 27.5 Å². The van der Waals surface area contributed by atoms with Crippen LogP contribution in [-0.4, -0.2) is 38.2 Å². The van der Waals surface area contributed by atoms with Crippen molar-refractivity contribution in [2.45, 2.75) is 44.2 Å². The van der Waals surface area contributed by atoms with Crippen LogP contribution in [0, 0.1) is 0 Å². The molecule has 3 aromatic rings. The van der Waals surface area contributed by atoms with Crippen LogP contribution >= 0.6 is 11.3 Å². The van der Waals surface area contributed by atoms with Crippen LogP contribution in [0.3, 0.4) is 0 Å². The first-order valence-corrected chi connectivity index (χ1v) is 10.3. The molecule has 138 valence electrons. The van der Waals surface area contributed by atoms with E-state index in [-0.39, 0.29) is 17.5 Å². The number of hydrogen-bond donors (Lipinski definition) is 0. The number of likely N-dealkylation sites (tertiary alicyclic amines) is 1. The number of rotatable bonds is 4. The molecule has 0 spiro atoms. The third-order valence-corrected chi connectivity index (χ3v) is 6.27.